The van der Waals surface area contributed by atoms with Crippen molar-refractivity contribution in [3.63, 3.8) is 0 Å². The maximum atomic E-state index is 11.7. The standard InChI is InChI=1S/C13H12Br2ClN3O3/c1-2-22-13(21)8-7-18(4-3-9(8)20)5-6-19-12(15)10(16)11(14)17-19/h3-4,7H,2,5-6H2,1H3. The molecule has 0 N–H and O–H groups in total. The molecule has 0 saturated heterocycles. The number of hydrogen-bond donors (Lipinski definition) is 0. The number of nitrogens with zero attached hydrogens (tertiary/aromatic N) is 3. The molecule has 0 fully saturated rings. The van der Waals surface area contributed by atoms with E-state index in [1.165, 1.54) is 12.3 Å². The van der Waals surface area contributed by atoms with Crippen LogP contribution in [0.1, 0.15) is 17.3 Å². The van der Waals surface area contributed by atoms with Crippen molar-refractivity contribution in [3.8, 4) is 0 Å². The van der Waals surface area contributed by atoms with Gasteiger partial charge in [-0.15, -0.1) is 0 Å². The van der Waals surface area contributed by atoms with Gasteiger partial charge in [-0.25, -0.2) is 4.79 Å². The van der Waals surface area contributed by atoms with Crippen molar-refractivity contribution in [1.82, 2.24) is 14.3 Å². The Labute approximate surface area is 148 Å². The van der Waals surface area contributed by atoms with E-state index >= 15 is 0 Å². The first kappa shape index (κ1) is 17.2. The molecule has 2 aromatic rings. The van der Waals surface area contributed by atoms with E-state index in [0.717, 1.165) is 0 Å². The Hall–Kier alpha value is -1.12. The summed E-state index contributed by atoms with van der Waals surface area (Å²) in [5.41, 5.74) is -0.344. The molecule has 0 amide bonds. The van der Waals surface area contributed by atoms with Gasteiger partial charge in [-0.1, -0.05) is 11.6 Å². The molecule has 0 aliphatic carbocycles. The minimum atomic E-state index is -0.618. The zero-order valence-electron chi connectivity index (χ0n) is 11.6. The van der Waals surface area contributed by atoms with Gasteiger partial charge in [-0.3, -0.25) is 9.48 Å². The fourth-order valence-corrected chi connectivity index (χ4v) is 3.00. The van der Waals surface area contributed by atoms with Gasteiger partial charge in [-0.2, -0.15) is 5.10 Å². The summed E-state index contributed by atoms with van der Waals surface area (Å²) in [7, 11) is 0. The molecule has 0 aliphatic rings. The van der Waals surface area contributed by atoms with Crippen LogP contribution in [0.5, 0.6) is 0 Å². The number of rotatable bonds is 5. The Kier molecular flexibility index (Phi) is 5.82. The van der Waals surface area contributed by atoms with Gasteiger partial charge in [0.25, 0.3) is 0 Å². The lowest BCUT2D eigenvalue weighted by Crippen LogP contribution is -2.20. The van der Waals surface area contributed by atoms with E-state index in [2.05, 4.69) is 37.0 Å². The molecule has 0 radical (unpaired) electrons. The van der Waals surface area contributed by atoms with Crippen LogP contribution in [0.3, 0.4) is 0 Å². The van der Waals surface area contributed by atoms with Gasteiger partial charge in [0.2, 0.25) is 0 Å². The monoisotopic (exact) mass is 451 g/mol. The quantitative estimate of drug-likeness (QED) is 0.653. The Morgan fingerprint density at radius 3 is 2.73 bits per heavy atom. The van der Waals surface area contributed by atoms with Crippen LogP contribution in [-0.2, 0) is 17.8 Å². The third-order valence-corrected chi connectivity index (χ3v) is 5.02. The molecule has 0 atom stereocenters. The first-order valence-corrected chi connectivity index (χ1v) is 8.35. The molecule has 2 aromatic heterocycles. The van der Waals surface area contributed by atoms with E-state index < -0.39 is 5.97 Å². The molecule has 22 heavy (non-hydrogen) atoms. The summed E-state index contributed by atoms with van der Waals surface area (Å²) in [5.74, 6) is -0.618. The smallest absolute Gasteiger partial charge is 0.343 e. The van der Waals surface area contributed by atoms with Gasteiger partial charge < -0.3 is 9.30 Å². The van der Waals surface area contributed by atoms with Crippen LogP contribution >= 0.6 is 43.5 Å². The Bertz CT molecular complexity index is 757. The highest BCUT2D eigenvalue weighted by Crippen LogP contribution is 2.29. The summed E-state index contributed by atoms with van der Waals surface area (Å²) in [6.07, 6.45) is 3.09. The number of esters is 1. The number of halogens is 3. The summed E-state index contributed by atoms with van der Waals surface area (Å²) in [5, 5.41) is 4.71. The van der Waals surface area contributed by atoms with Crippen LogP contribution in [0.4, 0.5) is 0 Å². The highest BCUT2D eigenvalue weighted by molar-refractivity contribution is 9.11. The predicted octanol–water partition coefficient (Wildman–Crippen LogP) is 3.10. The van der Waals surface area contributed by atoms with E-state index in [1.807, 2.05) is 0 Å². The van der Waals surface area contributed by atoms with Gasteiger partial charge in [0, 0.05) is 25.0 Å². The fourth-order valence-electron chi connectivity index (χ4n) is 1.78. The van der Waals surface area contributed by atoms with Crippen molar-refractivity contribution < 1.29 is 9.53 Å². The highest BCUT2D eigenvalue weighted by atomic mass is 79.9. The molecule has 0 spiro atoms. The summed E-state index contributed by atoms with van der Waals surface area (Å²) in [4.78, 5) is 23.4. The van der Waals surface area contributed by atoms with Crippen LogP contribution in [-0.4, -0.2) is 26.9 Å². The lowest BCUT2D eigenvalue weighted by molar-refractivity contribution is 0.0523. The third kappa shape index (κ3) is 3.80. The molecule has 0 saturated carbocycles. The van der Waals surface area contributed by atoms with Gasteiger partial charge in [0.05, 0.1) is 13.2 Å². The van der Waals surface area contributed by atoms with Crippen molar-refractivity contribution in [2.75, 3.05) is 6.61 Å². The zero-order chi connectivity index (χ0) is 16.3. The Morgan fingerprint density at radius 1 is 1.41 bits per heavy atom. The van der Waals surface area contributed by atoms with Gasteiger partial charge in [0.15, 0.2) is 5.43 Å². The maximum absolute atomic E-state index is 11.7. The highest BCUT2D eigenvalue weighted by Gasteiger charge is 2.13. The van der Waals surface area contributed by atoms with Crippen molar-refractivity contribution in [3.05, 3.63) is 48.5 Å². The van der Waals surface area contributed by atoms with E-state index in [1.54, 1.807) is 22.4 Å². The molecule has 9 heteroatoms. The van der Waals surface area contributed by atoms with Crippen molar-refractivity contribution in [2.45, 2.75) is 20.0 Å². The van der Waals surface area contributed by atoms with E-state index in [9.17, 15) is 9.59 Å². The molecule has 2 rings (SSSR count). The SMILES string of the molecule is CCOC(=O)c1cn(CCn2nc(Br)c(Cl)c2Br)ccc1=O. The summed E-state index contributed by atoms with van der Waals surface area (Å²) >= 11 is 12.6. The molecule has 0 bridgehead atoms. The minimum absolute atomic E-state index is 0.0168. The van der Waals surface area contributed by atoms with Crippen LogP contribution in [0.2, 0.25) is 5.02 Å². The number of ether oxygens (including phenoxy) is 1. The Balaban J connectivity index is 2.16. The third-order valence-electron chi connectivity index (χ3n) is 2.84. The maximum Gasteiger partial charge on any atom is 0.343 e. The summed E-state index contributed by atoms with van der Waals surface area (Å²) in [6.45, 7) is 2.93. The largest absolute Gasteiger partial charge is 0.462 e. The molecule has 0 aromatic carbocycles. The molecule has 118 valence electrons. The fraction of sp³-hybridized carbons (Fsp3) is 0.308. The molecular formula is C13H12Br2ClN3O3. The second-order valence-electron chi connectivity index (χ2n) is 4.30. The van der Waals surface area contributed by atoms with Crippen LogP contribution in [0.25, 0.3) is 0 Å². The van der Waals surface area contributed by atoms with Crippen LogP contribution in [0.15, 0.2) is 32.5 Å². The first-order valence-electron chi connectivity index (χ1n) is 6.38. The topological polar surface area (TPSA) is 66.1 Å². The number of aromatic nitrogens is 3. The van der Waals surface area contributed by atoms with Gasteiger partial charge >= 0.3 is 5.97 Å². The summed E-state index contributed by atoms with van der Waals surface area (Å²) < 4.78 is 9.47. The van der Waals surface area contributed by atoms with Crippen LogP contribution in [0, 0.1) is 0 Å². The molecule has 0 aliphatic heterocycles. The lowest BCUT2D eigenvalue weighted by Gasteiger charge is -2.09. The number of carbonyl (C=O) groups excluding carboxylic acids is 1. The minimum Gasteiger partial charge on any atom is -0.462 e. The number of aryl methyl sites for hydroxylation is 2. The van der Waals surface area contributed by atoms with Crippen molar-refractivity contribution >= 4 is 49.4 Å². The first-order chi connectivity index (χ1) is 10.4. The van der Waals surface area contributed by atoms with E-state index in [-0.39, 0.29) is 17.6 Å². The number of pyridine rings is 1. The average Bonchev–Trinajstić information content (AvgIpc) is 2.74. The van der Waals surface area contributed by atoms with Crippen LogP contribution < -0.4 is 5.43 Å². The van der Waals surface area contributed by atoms with Crippen molar-refractivity contribution in [2.24, 2.45) is 0 Å². The van der Waals surface area contributed by atoms with E-state index in [4.69, 9.17) is 16.3 Å². The second kappa shape index (κ2) is 7.43. The average molecular weight is 454 g/mol. The second-order valence-corrected chi connectivity index (χ2v) is 6.18. The number of carbonyl (C=O) groups is 1. The zero-order valence-corrected chi connectivity index (χ0v) is 15.5. The normalized spacial score (nSPS) is 10.7. The van der Waals surface area contributed by atoms with E-state index in [0.29, 0.717) is 27.3 Å². The molecule has 2 heterocycles. The molecular weight excluding hydrogens is 441 g/mol. The lowest BCUT2D eigenvalue weighted by atomic mass is 10.2. The molecule has 6 nitrogen and oxygen atoms in total. The van der Waals surface area contributed by atoms with Gasteiger partial charge in [-0.05, 0) is 38.8 Å². The van der Waals surface area contributed by atoms with Gasteiger partial charge in [0.1, 0.15) is 19.8 Å². The Morgan fingerprint density at radius 2 is 2.14 bits per heavy atom. The molecule has 0 unspecified atom stereocenters. The van der Waals surface area contributed by atoms with Crippen molar-refractivity contribution in [1.29, 1.82) is 0 Å². The number of hydrogen-bond acceptors (Lipinski definition) is 4. The summed E-state index contributed by atoms with van der Waals surface area (Å²) in [6, 6.07) is 1.34. The predicted molar refractivity (Wildman–Crippen MR) is 89.3 cm³/mol.